The van der Waals surface area contributed by atoms with Crippen molar-refractivity contribution in [2.75, 3.05) is 24.5 Å². The van der Waals surface area contributed by atoms with E-state index in [9.17, 15) is 4.79 Å². The van der Waals surface area contributed by atoms with Gasteiger partial charge < -0.3 is 9.47 Å². The van der Waals surface area contributed by atoms with Crippen LogP contribution in [-0.2, 0) is 4.79 Å². The summed E-state index contributed by atoms with van der Waals surface area (Å²) in [6.07, 6.45) is 3.65. The number of aryl methyl sites for hydroxylation is 1. The van der Waals surface area contributed by atoms with Gasteiger partial charge >= 0.3 is 0 Å². The molecule has 0 radical (unpaired) electrons. The van der Waals surface area contributed by atoms with E-state index in [0.29, 0.717) is 15.8 Å². The Morgan fingerprint density at radius 3 is 2.41 bits per heavy atom. The predicted molar refractivity (Wildman–Crippen MR) is 129 cm³/mol. The molecular formula is C23H27N3OS2. The van der Waals surface area contributed by atoms with Gasteiger partial charge in [-0.2, -0.15) is 0 Å². The second-order valence-electron chi connectivity index (χ2n) is 6.93. The first-order valence-corrected chi connectivity index (χ1v) is 11.0. The SMILES string of the molecule is C=CCN1C(=O)/C(=C/c2cc(C)n(-c3ccc(N(CC)CC)cc3)c2C)SC1=S. The number of benzene rings is 1. The second kappa shape index (κ2) is 9.01. The molecule has 0 atom stereocenters. The molecular weight excluding hydrogens is 398 g/mol. The molecule has 1 aromatic carbocycles. The van der Waals surface area contributed by atoms with Crippen molar-refractivity contribution in [2.24, 2.45) is 0 Å². The van der Waals surface area contributed by atoms with Gasteiger partial charge in [-0.15, -0.1) is 6.58 Å². The maximum atomic E-state index is 12.6. The van der Waals surface area contributed by atoms with Crippen molar-refractivity contribution in [2.45, 2.75) is 27.7 Å². The van der Waals surface area contributed by atoms with E-state index >= 15 is 0 Å². The highest BCUT2D eigenvalue weighted by atomic mass is 32.2. The molecule has 0 saturated carbocycles. The van der Waals surface area contributed by atoms with Crippen molar-refractivity contribution in [3.05, 3.63) is 64.8 Å². The summed E-state index contributed by atoms with van der Waals surface area (Å²) in [6.45, 7) is 14.6. The highest BCUT2D eigenvalue weighted by Gasteiger charge is 2.31. The molecule has 1 amide bonds. The van der Waals surface area contributed by atoms with Gasteiger partial charge in [0, 0.05) is 42.4 Å². The molecule has 6 heteroatoms. The van der Waals surface area contributed by atoms with Crippen LogP contribution in [0, 0.1) is 13.8 Å². The summed E-state index contributed by atoms with van der Waals surface area (Å²) in [5.41, 5.74) is 5.62. The molecule has 4 nitrogen and oxygen atoms in total. The molecule has 0 N–H and O–H groups in total. The van der Waals surface area contributed by atoms with Gasteiger partial charge in [0.2, 0.25) is 0 Å². The number of hydrogen-bond acceptors (Lipinski definition) is 4. The molecule has 0 aliphatic carbocycles. The molecule has 3 rings (SSSR count). The zero-order valence-electron chi connectivity index (χ0n) is 17.4. The third-order valence-electron chi connectivity index (χ3n) is 5.18. The number of nitrogens with zero attached hydrogens (tertiary/aromatic N) is 3. The summed E-state index contributed by atoms with van der Waals surface area (Å²) in [7, 11) is 0. The summed E-state index contributed by atoms with van der Waals surface area (Å²) in [5, 5.41) is 0. The highest BCUT2D eigenvalue weighted by Crippen LogP contribution is 2.34. The lowest BCUT2D eigenvalue weighted by Gasteiger charge is -2.21. The first kappa shape index (κ1) is 21.4. The van der Waals surface area contributed by atoms with Crippen LogP contribution >= 0.6 is 24.0 Å². The molecule has 0 unspecified atom stereocenters. The number of hydrogen-bond donors (Lipinski definition) is 0. The number of aromatic nitrogens is 1. The smallest absolute Gasteiger partial charge is 0.266 e. The number of thiocarbonyl (C=S) groups is 1. The van der Waals surface area contributed by atoms with Gasteiger partial charge in [0.25, 0.3) is 5.91 Å². The van der Waals surface area contributed by atoms with Gasteiger partial charge in [-0.05, 0) is 69.7 Å². The topological polar surface area (TPSA) is 28.5 Å². The lowest BCUT2D eigenvalue weighted by atomic mass is 10.2. The molecule has 0 spiro atoms. The van der Waals surface area contributed by atoms with E-state index in [4.69, 9.17) is 12.2 Å². The highest BCUT2D eigenvalue weighted by molar-refractivity contribution is 8.26. The average Bonchev–Trinajstić information content (AvgIpc) is 3.13. The minimum Gasteiger partial charge on any atom is -0.372 e. The summed E-state index contributed by atoms with van der Waals surface area (Å²) < 4.78 is 2.81. The molecule has 1 saturated heterocycles. The van der Waals surface area contributed by atoms with E-state index in [1.54, 1.807) is 11.0 Å². The van der Waals surface area contributed by atoms with Crippen LogP contribution < -0.4 is 4.90 Å². The fourth-order valence-corrected chi connectivity index (χ4v) is 4.93. The van der Waals surface area contributed by atoms with Crippen LogP contribution in [0.2, 0.25) is 0 Å². The Kier molecular flexibility index (Phi) is 6.65. The fraction of sp³-hybridized carbons (Fsp3) is 0.304. The van der Waals surface area contributed by atoms with Crippen molar-refractivity contribution >= 4 is 46.0 Å². The van der Waals surface area contributed by atoms with Crippen LogP contribution in [0.4, 0.5) is 5.69 Å². The first-order valence-electron chi connectivity index (χ1n) is 9.81. The summed E-state index contributed by atoms with van der Waals surface area (Å²) in [6, 6.07) is 10.8. The molecule has 1 fully saturated rings. The van der Waals surface area contributed by atoms with Crippen molar-refractivity contribution in [1.29, 1.82) is 0 Å². The Balaban J connectivity index is 1.93. The number of carbonyl (C=O) groups is 1. The van der Waals surface area contributed by atoms with Crippen LogP contribution in [0.1, 0.15) is 30.8 Å². The Morgan fingerprint density at radius 1 is 1.17 bits per heavy atom. The Morgan fingerprint density at radius 2 is 1.83 bits per heavy atom. The van der Waals surface area contributed by atoms with E-state index in [1.165, 1.54) is 17.4 Å². The molecule has 0 bridgehead atoms. The van der Waals surface area contributed by atoms with Gasteiger partial charge in [-0.1, -0.05) is 30.1 Å². The molecule has 1 aliphatic heterocycles. The van der Waals surface area contributed by atoms with Crippen LogP contribution in [0.3, 0.4) is 0 Å². The van der Waals surface area contributed by atoms with Gasteiger partial charge in [0.15, 0.2) is 0 Å². The van der Waals surface area contributed by atoms with E-state index in [2.05, 4.69) is 74.1 Å². The molecule has 2 heterocycles. The van der Waals surface area contributed by atoms with Crippen molar-refractivity contribution in [3.63, 3.8) is 0 Å². The number of carbonyl (C=O) groups excluding carboxylic acids is 1. The minimum absolute atomic E-state index is 0.0479. The standard InChI is InChI=1S/C23H27N3OS2/c1-6-13-25-22(27)21(29-23(25)28)15-18-14-16(4)26(17(18)5)20-11-9-19(10-12-20)24(7-2)8-3/h6,9-12,14-15H,1,7-8,13H2,2-5H3/b21-15-. The van der Waals surface area contributed by atoms with E-state index in [0.717, 1.165) is 35.7 Å². The molecule has 1 aromatic heterocycles. The number of rotatable bonds is 7. The van der Waals surface area contributed by atoms with Gasteiger partial charge in [0.05, 0.1) is 4.91 Å². The van der Waals surface area contributed by atoms with E-state index in [-0.39, 0.29) is 5.91 Å². The van der Waals surface area contributed by atoms with Crippen LogP contribution in [0.15, 0.2) is 47.9 Å². The lowest BCUT2D eigenvalue weighted by Crippen LogP contribution is -2.27. The molecule has 2 aromatic rings. The van der Waals surface area contributed by atoms with Crippen LogP contribution in [0.5, 0.6) is 0 Å². The van der Waals surface area contributed by atoms with Gasteiger partial charge in [-0.3, -0.25) is 9.69 Å². The maximum absolute atomic E-state index is 12.6. The van der Waals surface area contributed by atoms with Crippen molar-refractivity contribution < 1.29 is 4.79 Å². The Bertz CT molecular complexity index is 969. The first-order chi connectivity index (χ1) is 13.9. The number of amides is 1. The Hall–Kier alpha value is -2.31. The molecule has 29 heavy (non-hydrogen) atoms. The second-order valence-corrected chi connectivity index (χ2v) is 8.61. The molecule has 152 valence electrons. The van der Waals surface area contributed by atoms with E-state index < -0.39 is 0 Å². The number of anilines is 1. The summed E-state index contributed by atoms with van der Waals surface area (Å²) in [5.74, 6) is -0.0479. The fourth-order valence-electron chi connectivity index (χ4n) is 3.66. The Labute approximate surface area is 182 Å². The predicted octanol–water partition coefficient (Wildman–Crippen LogP) is 5.33. The number of thioether (sulfide) groups is 1. The largest absolute Gasteiger partial charge is 0.372 e. The summed E-state index contributed by atoms with van der Waals surface area (Å²) >= 11 is 6.69. The zero-order valence-corrected chi connectivity index (χ0v) is 19.1. The van der Waals surface area contributed by atoms with Crippen LogP contribution in [-0.4, -0.2) is 39.3 Å². The van der Waals surface area contributed by atoms with Crippen molar-refractivity contribution in [1.82, 2.24) is 9.47 Å². The quantitative estimate of drug-likeness (QED) is 0.341. The third kappa shape index (κ3) is 4.19. The monoisotopic (exact) mass is 425 g/mol. The zero-order chi connectivity index (χ0) is 21.1. The van der Waals surface area contributed by atoms with E-state index in [1.807, 2.05) is 6.08 Å². The average molecular weight is 426 g/mol. The van der Waals surface area contributed by atoms with Gasteiger partial charge in [0.1, 0.15) is 4.32 Å². The third-order valence-corrected chi connectivity index (χ3v) is 6.56. The van der Waals surface area contributed by atoms with Gasteiger partial charge in [-0.25, -0.2) is 0 Å². The molecule has 1 aliphatic rings. The van der Waals surface area contributed by atoms with Crippen LogP contribution in [0.25, 0.3) is 11.8 Å². The maximum Gasteiger partial charge on any atom is 0.266 e. The normalized spacial score (nSPS) is 15.4. The van der Waals surface area contributed by atoms with Crippen molar-refractivity contribution in [3.8, 4) is 5.69 Å². The summed E-state index contributed by atoms with van der Waals surface area (Å²) in [4.78, 5) is 17.2. The lowest BCUT2D eigenvalue weighted by molar-refractivity contribution is -0.121. The minimum atomic E-state index is -0.0479.